The molecule has 8 rings (SSSR count). The van der Waals surface area contributed by atoms with Crippen LogP contribution in [0.4, 0.5) is 0 Å². The maximum Gasteiger partial charge on any atom is 0.216 e. The number of nitrogens with zero attached hydrogens (tertiary/aromatic N) is 4. The quantitative estimate of drug-likeness (QED) is 0.167. The summed E-state index contributed by atoms with van der Waals surface area (Å²) in [5.74, 6) is 0. The standard InChI is InChI=1S/C27H18N3O.C13H12N.Ir/c1-16-15-29-25(14-23(16)18-6-4-10-24-19(18)9-5-13-28-24)22-8-3-7-20-21-12-11-17(2)30-27(21)31-26(20)22;1-10-3-6-12(7-4-10)13-8-5-11(2)9-14-13;/h3-7,9-15H,1-2H3;3-6,8-9H,1-2H3;/q2*-1;/i2*1D3,2D3;. The minimum absolute atomic E-state index is 0. The molecule has 8 aromatic rings. The average molecular weight is 787 g/mol. The summed E-state index contributed by atoms with van der Waals surface area (Å²) < 4.78 is 97.0. The van der Waals surface area contributed by atoms with Gasteiger partial charge in [-0.05, 0) is 78.5 Å². The molecule has 0 fully saturated rings. The van der Waals surface area contributed by atoms with E-state index in [0.29, 0.717) is 39.0 Å². The largest absolute Gasteiger partial charge is 0.486 e. The number of hydrogen-bond donors (Lipinski definition) is 0. The molecule has 0 spiro atoms. The molecule has 0 aliphatic heterocycles. The normalized spacial score (nSPS) is 15.8. The van der Waals surface area contributed by atoms with Crippen molar-refractivity contribution in [2.75, 3.05) is 0 Å². The molecule has 5 nitrogen and oxygen atoms in total. The molecule has 0 aliphatic rings. The first-order valence-corrected chi connectivity index (χ1v) is 13.9. The summed E-state index contributed by atoms with van der Waals surface area (Å²) in [6, 6.07) is 31.3. The van der Waals surface area contributed by atoms with Crippen LogP contribution in [-0.4, -0.2) is 19.9 Å². The van der Waals surface area contributed by atoms with Gasteiger partial charge < -0.3 is 14.4 Å². The predicted molar refractivity (Wildman–Crippen MR) is 182 cm³/mol. The monoisotopic (exact) mass is 787 g/mol. The zero-order valence-electron chi connectivity index (χ0n) is 35.9. The van der Waals surface area contributed by atoms with Gasteiger partial charge in [-0.15, -0.1) is 53.6 Å². The molecule has 0 amide bonds. The number of benzene rings is 3. The van der Waals surface area contributed by atoms with Gasteiger partial charge in [-0.1, -0.05) is 54.2 Å². The Kier molecular flexibility index (Phi) is 5.56. The SMILES string of the molecule is [2H]C([2H])([2H])c1c[c-]c(-c2ccc(C([2H])([2H])[2H])cn2)cc1.[2H]C([2H])([2H])c1ccc2c(n1)oc1c(-c3cc(-c4cccc5ncccc45)c(C([2H])([2H])[2H])cn3)[c-]ccc12.[Ir]. The van der Waals surface area contributed by atoms with Crippen molar-refractivity contribution in [3.63, 3.8) is 0 Å². The van der Waals surface area contributed by atoms with Crippen molar-refractivity contribution < 1.29 is 41.0 Å². The number of fused-ring (bicyclic) bond motifs is 4. The van der Waals surface area contributed by atoms with E-state index in [4.69, 9.17) is 20.9 Å². The van der Waals surface area contributed by atoms with Gasteiger partial charge in [0.2, 0.25) is 5.71 Å². The van der Waals surface area contributed by atoms with E-state index in [1.54, 1.807) is 36.5 Å². The van der Waals surface area contributed by atoms with Crippen LogP contribution in [0, 0.1) is 39.5 Å². The summed E-state index contributed by atoms with van der Waals surface area (Å²) in [5, 5.41) is 2.21. The minimum Gasteiger partial charge on any atom is -0.486 e. The van der Waals surface area contributed by atoms with Gasteiger partial charge in [0.25, 0.3) is 0 Å². The fraction of sp³-hybridized carbons (Fsp3) is 0.100. The summed E-state index contributed by atoms with van der Waals surface area (Å²) in [4.78, 5) is 17.2. The van der Waals surface area contributed by atoms with Crippen molar-refractivity contribution in [1.82, 2.24) is 19.9 Å². The molecule has 0 aliphatic carbocycles. The number of aromatic nitrogens is 4. The van der Waals surface area contributed by atoms with Gasteiger partial charge in [0, 0.05) is 71.6 Å². The van der Waals surface area contributed by atoms with E-state index in [1.807, 2.05) is 36.4 Å². The first kappa shape index (κ1) is 19.5. The van der Waals surface area contributed by atoms with E-state index in [9.17, 15) is 0 Å². The number of pyridine rings is 4. The molecule has 0 atom stereocenters. The third-order valence-electron chi connectivity index (χ3n) is 7.25. The molecule has 46 heavy (non-hydrogen) atoms. The van der Waals surface area contributed by atoms with E-state index < -0.39 is 27.4 Å². The van der Waals surface area contributed by atoms with Crippen LogP contribution in [0.3, 0.4) is 0 Å². The van der Waals surface area contributed by atoms with Crippen LogP contribution in [0.25, 0.3) is 66.6 Å². The van der Waals surface area contributed by atoms with Gasteiger partial charge in [0.1, 0.15) is 0 Å². The fourth-order valence-electron chi connectivity index (χ4n) is 5.10. The summed E-state index contributed by atoms with van der Waals surface area (Å²) >= 11 is 0. The molecule has 0 bridgehead atoms. The van der Waals surface area contributed by atoms with E-state index >= 15 is 0 Å². The van der Waals surface area contributed by atoms with Crippen molar-refractivity contribution in [1.29, 1.82) is 0 Å². The van der Waals surface area contributed by atoms with Crippen molar-refractivity contribution >= 4 is 33.0 Å². The molecule has 0 unspecified atom stereocenters. The van der Waals surface area contributed by atoms with E-state index in [1.165, 1.54) is 36.7 Å². The maximum absolute atomic E-state index is 8.12. The van der Waals surface area contributed by atoms with Crippen LogP contribution in [0.2, 0.25) is 0 Å². The van der Waals surface area contributed by atoms with Crippen LogP contribution < -0.4 is 0 Å². The van der Waals surface area contributed by atoms with Crippen molar-refractivity contribution in [3.05, 3.63) is 144 Å². The smallest absolute Gasteiger partial charge is 0.216 e. The molecule has 1 radical (unpaired) electrons. The van der Waals surface area contributed by atoms with Crippen LogP contribution >= 0.6 is 0 Å². The van der Waals surface area contributed by atoms with E-state index in [0.717, 1.165) is 21.9 Å². The second kappa shape index (κ2) is 13.1. The van der Waals surface area contributed by atoms with Gasteiger partial charge in [-0.25, -0.2) is 4.98 Å². The third-order valence-corrected chi connectivity index (χ3v) is 7.25. The predicted octanol–water partition coefficient (Wildman–Crippen LogP) is 9.84. The summed E-state index contributed by atoms with van der Waals surface area (Å²) in [6.07, 6.45) is 4.36. The van der Waals surface area contributed by atoms with Crippen LogP contribution in [0.1, 0.15) is 38.8 Å². The fourth-order valence-corrected chi connectivity index (χ4v) is 5.10. The van der Waals surface area contributed by atoms with Crippen LogP contribution in [-0.2, 0) is 20.1 Å². The molecular formula is C40H30IrN4O-2. The summed E-state index contributed by atoms with van der Waals surface area (Å²) in [5.41, 5.74) is 5.20. The molecule has 0 saturated heterocycles. The van der Waals surface area contributed by atoms with Crippen molar-refractivity contribution in [3.8, 4) is 33.6 Å². The maximum atomic E-state index is 8.12. The number of aryl methyl sites for hydroxylation is 4. The topological polar surface area (TPSA) is 64.7 Å². The molecule has 0 saturated carbocycles. The molecule has 0 N–H and O–H groups in total. The Morgan fingerprint density at radius 2 is 1.61 bits per heavy atom. The number of hydrogen-bond acceptors (Lipinski definition) is 5. The molecule has 5 aromatic heterocycles. The zero-order valence-corrected chi connectivity index (χ0v) is 26.3. The van der Waals surface area contributed by atoms with Crippen LogP contribution in [0.5, 0.6) is 0 Å². The van der Waals surface area contributed by atoms with Crippen LogP contribution in [0.15, 0.2) is 114 Å². The molecule has 5 heterocycles. The van der Waals surface area contributed by atoms with Gasteiger partial charge in [0.05, 0.1) is 11.1 Å². The number of rotatable bonds is 3. The Labute approximate surface area is 298 Å². The Morgan fingerprint density at radius 1 is 0.696 bits per heavy atom. The van der Waals surface area contributed by atoms with Gasteiger partial charge in [-0.2, -0.15) is 0 Å². The van der Waals surface area contributed by atoms with Gasteiger partial charge >= 0.3 is 0 Å². The first-order chi connectivity index (χ1) is 26.8. The van der Waals surface area contributed by atoms with Crippen molar-refractivity contribution in [2.24, 2.45) is 0 Å². The minimum atomic E-state index is -2.39. The average Bonchev–Trinajstić information content (AvgIpc) is 3.55. The van der Waals surface area contributed by atoms with Crippen molar-refractivity contribution in [2.45, 2.75) is 27.4 Å². The zero-order chi connectivity index (χ0) is 40.9. The van der Waals surface area contributed by atoms with Gasteiger partial charge in [-0.3, -0.25) is 4.98 Å². The molecule has 3 aromatic carbocycles. The number of furan rings is 1. The van der Waals surface area contributed by atoms with Gasteiger partial charge in [0.15, 0.2) is 0 Å². The van der Waals surface area contributed by atoms with E-state index in [-0.39, 0.29) is 48.2 Å². The Hall–Kier alpha value is -5.03. The Bertz CT molecular complexity index is 2680. The Morgan fingerprint density at radius 3 is 2.41 bits per heavy atom. The molecule has 227 valence electrons. The second-order valence-electron chi connectivity index (χ2n) is 10.2. The second-order valence-corrected chi connectivity index (χ2v) is 10.2. The first-order valence-electron chi connectivity index (χ1n) is 19.9. The Balaban J connectivity index is 0.000000230. The summed E-state index contributed by atoms with van der Waals surface area (Å²) in [6.45, 7) is -9.10. The third kappa shape index (κ3) is 6.10. The van der Waals surface area contributed by atoms with E-state index in [2.05, 4.69) is 32.1 Å². The molecule has 6 heteroatoms. The molecular weight excluding hydrogens is 745 g/mol. The summed E-state index contributed by atoms with van der Waals surface area (Å²) in [7, 11) is 0.